The number of benzene rings is 2. The minimum Gasteiger partial charge on any atom is -0.495 e. The highest BCUT2D eigenvalue weighted by molar-refractivity contribution is 5.96. The van der Waals surface area contributed by atoms with Gasteiger partial charge in [0.2, 0.25) is 5.91 Å². The Hall–Kier alpha value is -3.81. The van der Waals surface area contributed by atoms with Gasteiger partial charge in [0.05, 0.1) is 30.5 Å². The van der Waals surface area contributed by atoms with Gasteiger partial charge in [0, 0.05) is 23.6 Å². The lowest BCUT2D eigenvalue weighted by Crippen LogP contribution is -2.37. The van der Waals surface area contributed by atoms with Crippen LogP contribution in [0.25, 0.3) is 11.4 Å². The maximum atomic E-state index is 12.8. The summed E-state index contributed by atoms with van der Waals surface area (Å²) in [4.78, 5) is 16.6. The standard InChI is InChI=1S/C23H24FN5O2/c1-31-22-10-16(7-9-21(22)29-13-17(11-24)27-14-29)18(25)12-26-20-8-6-15-4-2-3-5-19(15)28-23(20)30/h2-5,7,9-10,12-14,20,26H,6,8,11,25H2,1H3,(H,28,30)/b18-12-. The van der Waals surface area contributed by atoms with Gasteiger partial charge in [0.25, 0.3) is 0 Å². The van der Waals surface area contributed by atoms with E-state index in [0.29, 0.717) is 23.6 Å². The molecule has 0 saturated carbocycles. The number of carbonyl (C=O) groups is 1. The molecule has 1 amide bonds. The Balaban J connectivity index is 1.50. The average Bonchev–Trinajstić information content (AvgIpc) is 3.22. The highest BCUT2D eigenvalue weighted by Gasteiger charge is 2.22. The molecule has 0 spiro atoms. The Morgan fingerprint density at radius 3 is 3.00 bits per heavy atom. The van der Waals surface area contributed by atoms with Crippen LogP contribution < -0.4 is 21.1 Å². The first kappa shape index (κ1) is 20.5. The van der Waals surface area contributed by atoms with E-state index in [2.05, 4.69) is 15.6 Å². The van der Waals surface area contributed by atoms with E-state index in [1.54, 1.807) is 30.1 Å². The quantitative estimate of drug-likeness (QED) is 0.569. The minimum absolute atomic E-state index is 0.0919. The summed E-state index contributed by atoms with van der Waals surface area (Å²) in [6.45, 7) is -0.630. The number of aromatic nitrogens is 2. The van der Waals surface area contributed by atoms with Crippen LogP contribution in [-0.4, -0.2) is 28.6 Å². The molecule has 7 nitrogen and oxygen atoms in total. The molecule has 1 aromatic heterocycles. The zero-order valence-electron chi connectivity index (χ0n) is 17.1. The third-order valence-electron chi connectivity index (χ3n) is 5.30. The number of hydrogen-bond acceptors (Lipinski definition) is 5. The summed E-state index contributed by atoms with van der Waals surface area (Å²) in [7, 11) is 1.56. The molecule has 1 aliphatic rings. The van der Waals surface area contributed by atoms with E-state index in [0.717, 1.165) is 28.9 Å². The van der Waals surface area contributed by atoms with Crippen molar-refractivity contribution in [2.24, 2.45) is 5.73 Å². The third kappa shape index (κ3) is 4.37. The molecule has 2 heterocycles. The Bertz CT molecular complexity index is 1120. The minimum atomic E-state index is -0.630. The number of ether oxygens (including phenoxy) is 1. The van der Waals surface area contributed by atoms with Gasteiger partial charge in [-0.25, -0.2) is 9.37 Å². The molecule has 4 N–H and O–H groups in total. The normalized spacial score (nSPS) is 16.3. The number of alkyl halides is 1. The summed E-state index contributed by atoms with van der Waals surface area (Å²) in [5.74, 6) is 0.477. The highest BCUT2D eigenvalue weighted by Crippen LogP contribution is 2.27. The first-order chi connectivity index (χ1) is 15.1. The lowest BCUT2D eigenvalue weighted by atomic mass is 10.1. The van der Waals surface area contributed by atoms with Crippen LogP contribution in [0.15, 0.2) is 61.2 Å². The Morgan fingerprint density at radius 1 is 1.39 bits per heavy atom. The highest BCUT2D eigenvalue weighted by atomic mass is 19.1. The molecule has 1 atom stereocenters. The molecule has 8 heteroatoms. The van der Waals surface area contributed by atoms with Crippen molar-refractivity contribution in [3.05, 3.63) is 78.0 Å². The molecule has 1 aliphatic heterocycles. The van der Waals surface area contributed by atoms with Gasteiger partial charge in [-0.1, -0.05) is 24.3 Å². The van der Waals surface area contributed by atoms with Gasteiger partial charge >= 0.3 is 0 Å². The largest absolute Gasteiger partial charge is 0.495 e. The van der Waals surface area contributed by atoms with Gasteiger partial charge in [-0.3, -0.25) is 4.79 Å². The second-order valence-corrected chi connectivity index (χ2v) is 7.30. The summed E-state index contributed by atoms with van der Waals surface area (Å²) >= 11 is 0. The van der Waals surface area contributed by atoms with E-state index in [9.17, 15) is 9.18 Å². The second-order valence-electron chi connectivity index (χ2n) is 7.30. The smallest absolute Gasteiger partial charge is 0.246 e. The van der Waals surface area contributed by atoms with Crippen molar-refractivity contribution in [3.63, 3.8) is 0 Å². The zero-order valence-corrected chi connectivity index (χ0v) is 17.1. The molecular weight excluding hydrogens is 397 g/mol. The summed E-state index contributed by atoms with van der Waals surface area (Å²) in [6.07, 6.45) is 6.24. The van der Waals surface area contributed by atoms with Crippen molar-refractivity contribution in [1.82, 2.24) is 14.9 Å². The fraction of sp³-hybridized carbons (Fsp3) is 0.217. The number of fused-ring (bicyclic) bond motifs is 1. The van der Waals surface area contributed by atoms with Crippen LogP contribution in [-0.2, 0) is 17.9 Å². The number of methoxy groups -OCH3 is 1. The number of hydrogen-bond donors (Lipinski definition) is 3. The molecule has 160 valence electrons. The van der Waals surface area contributed by atoms with Crippen LogP contribution in [0.2, 0.25) is 0 Å². The van der Waals surface area contributed by atoms with Crippen molar-refractivity contribution in [1.29, 1.82) is 0 Å². The molecule has 3 aromatic rings. The molecule has 0 bridgehead atoms. The van der Waals surface area contributed by atoms with Gasteiger partial charge in [0.15, 0.2) is 0 Å². The number of nitrogens with two attached hydrogens (primary N) is 1. The summed E-state index contributed by atoms with van der Waals surface area (Å²) in [5.41, 5.74) is 10.5. The van der Waals surface area contributed by atoms with Gasteiger partial charge in [0.1, 0.15) is 18.5 Å². The van der Waals surface area contributed by atoms with Crippen LogP contribution in [0.1, 0.15) is 23.2 Å². The molecule has 0 aliphatic carbocycles. The van der Waals surface area contributed by atoms with Crippen LogP contribution >= 0.6 is 0 Å². The predicted molar refractivity (Wildman–Crippen MR) is 117 cm³/mol. The van der Waals surface area contributed by atoms with Crippen molar-refractivity contribution < 1.29 is 13.9 Å². The van der Waals surface area contributed by atoms with Crippen molar-refractivity contribution in [2.75, 3.05) is 12.4 Å². The fourth-order valence-electron chi connectivity index (χ4n) is 3.58. The number of aryl methyl sites for hydroxylation is 1. The van der Waals surface area contributed by atoms with Crippen molar-refractivity contribution >= 4 is 17.3 Å². The van der Waals surface area contributed by atoms with Gasteiger partial charge in [-0.2, -0.15) is 0 Å². The van der Waals surface area contributed by atoms with Gasteiger partial charge in [-0.05, 0) is 36.6 Å². The van der Waals surface area contributed by atoms with Crippen molar-refractivity contribution in [3.8, 4) is 11.4 Å². The first-order valence-corrected chi connectivity index (χ1v) is 9.97. The van der Waals surface area contributed by atoms with Crippen LogP contribution in [0.5, 0.6) is 5.75 Å². The number of imidazole rings is 1. The maximum absolute atomic E-state index is 12.8. The molecule has 0 fully saturated rings. The SMILES string of the molecule is COc1cc(/C(N)=C/NC2CCc3ccccc3NC2=O)ccc1-n1cnc(CF)c1. The first-order valence-electron chi connectivity index (χ1n) is 9.97. The molecule has 31 heavy (non-hydrogen) atoms. The van der Waals surface area contributed by atoms with Crippen LogP contribution in [0.4, 0.5) is 10.1 Å². The van der Waals surface area contributed by atoms with Crippen LogP contribution in [0, 0.1) is 0 Å². The molecule has 4 rings (SSSR count). The summed E-state index contributed by atoms with van der Waals surface area (Å²) in [5, 5.41) is 6.10. The van der Waals surface area contributed by atoms with E-state index in [1.165, 1.54) is 6.33 Å². The van der Waals surface area contributed by atoms with Gasteiger partial charge in [-0.15, -0.1) is 0 Å². The molecule has 0 radical (unpaired) electrons. The molecule has 2 aromatic carbocycles. The Labute approximate surface area is 179 Å². The average molecular weight is 421 g/mol. The predicted octanol–water partition coefficient (Wildman–Crippen LogP) is 3.15. The molecular formula is C23H24FN5O2. The lowest BCUT2D eigenvalue weighted by Gasteiger charge is -2.15. The van der Waals surface area contributed by atoms with E-state index in [1.807, 2.05) is 36.4 Å². The maximum Gasteiger partial charge on any atom is 0.246 e. The number of para-hydroxylation sites is 1. The molecule has 0 saturated heterocycles. The second kappa shape index (κ2) is 8.91. The third-order valence-corrected chi connectivity index (χ3v) is 5.30. The Kier molecular flexibility index (Phi) is 5.88. The fourth-order valence-corrected chi connectivity index (χ4v) is 3.58. The van der Waals surface area contributed by atoms with E-state index >= 15 is 0 Å². The number of nitrogens with zero attached hydrogens (tertiary/aromatic N) is 2. The summed E-state index contributed by atoms with van der Waals surface area (Å²) in [6, 6.07) is 12.9. The van der Waals surface area contributed by atoms with Gasteiger partial charge < -0.3 is 25.7 Å². The van der Waals surface area contributed by atoms with E-state index in [-0.39, 0.29) is 5.91 Å². The van der Waals surface area contributed by atoms with Crippen molar-refractivity contribution in [2.45, 2.75) is 25.6 Å². The zero-order chi connectivity index (χ0) is 21.8. The van der Waals surface area contributed by atoms with E-state index in [4.69, 9.17) is 10.5 Å². The number of anilines is 1. The number of carbonyl (C=O) groups excluding carboxylic acids is 1. The van der Waals surface area contributed by atoms with Crippen LogP contribution in [0.3, 0.4) is 0 Å². The number of halogens is 1. The Morgan fingerprint density at radius 2 is 2.23 bits per heavy atom. The molecule has 1 unspecified atom stereocenters. The number of nitrogens with one attached hydrogen (secondary N) is 2. The lowest BCUT2D eigenvalue weighted by molar-refractivity contribution is -0.117. The number of amides is 1. The monoisotopic (exact) mass is 421 g/mol. The number of rotatable bonds is 6. The van der Waals surface area contributed by atoms with E-state index < -0.39 is 12.7 Å². The summed E-state index contributed by atoms with van der Waals surface area (Å²) < 4.78 is 20.0. The topological polar surface area (TPSA) is 94.2 Å².